The Hall–Kier alpha value is -1.38. The molecule has 0 unspecified atom stereocenters. The minimum Gasteiger partial charge on any atom is -0.315 e. The molecule has 0 N–H and O–H groups in total. The highest BCUT2D eigenvalue weighted by molar-refractivity contribution is 5.98. The van der Waals surface area contributed by atoms with E-state index in [0.29, 0.717) is 12.1 Å². The summed E-state index contributed by atoms with van der Waals surface area (Å²) in [6, 6.07) is 2.87. The van der Waals surface area contributed by atoms with E-state index >= 15 is 0 Å². The van der Waals surface area contributed by atoms with E-state index in [4.69, 9.17) is 0 Å². The summed E-state index contributed by atoms with van der Waals surface area (Å²) in [6.45, 7) is 5.67. The van der Waals surface area contributed by atoms with Crippen LogP contribution >= 0.6 is 0 Å². The second-order valence-electron chi connectivity index (χ2n) is 2.47. The van der Waals surface area contributed by atoms with Crippen molar-refractivity contribution in [3.63, 3.8) is 0 Å². The number of aromatic nitrogens is 1. The van der Waals surface area contributed by atoms with Gasteiger partial charge in [-0.3, -0.25) is 9.59 Å². The molecule has 0 bridgehead atoms. The molecule has 0 fully saturated rings. The zero-order valence-corrected chi connectivity index (χ0v) is 6.91. The molecule has 0 aromatic carbocycles. The van der Waals surface area contributed by atoms with Gasteiger partial charge >= 0.3 is 0 Å². The standard InChI is InChI=1S/C9H10NO2/c1-3-10-6-8(7(2)11)4-5-9(10)12/h4-6H,2-3H2,1H3. The molecule has 0 aliphatic rings. The SMILES string of the molecule is [CH2]C(=O)c1ccc(=O)n(CC)c1. The molecule has 0 saturated carbocycles. The van der Waals surface area contributed by atoms with Gasteiger partial charge in [0.05, 0.1) is 0 Å². The van der Waals surface area contributed by atoms with Crippen LogP contribution < -0.4 is 5.56 Å². The van der Waals surface area contributed by atoms with Gasteiger partial charge in [0.25, 0.3) is 5.56 Å². The van der Waals surface area contributed by atoms with Crippen molar-refractivity contribution in [2.24, 2.45) is 0 Å². The molecule has 1 radical (unpaired) electrons. The van der Waals surface area contributed by atoms with Gasteiger partial charge < -0.3 is 4.57 Å². The topological polar surface area (TPSA) is 39.1 Å². The maximum atomic E-state index is 11.1. The van der Waals surface area contributed by atoms with Crippen molar-refractivity contribution >= 4 is 5.78 Å². The largest absolute Gasteiger partial charge is 0.315 e. The molecule has 1 heterocycles. The normalized spacial score (nSPS) is 9.83. The summed E-state index contributed by atoms with van der Waals surface area (Å²) in [5.41, 5.74) is 0.374. The third-order valence-electron chi connectivity index (χ3n) is 1.65. The first kappa shape index (κ1) is 8.71. The predicted octanol–water partition coefficient (Wildman–Crippen LogP) is 0.885. The Morgan fingerprint density at radius 3 is 2.75 bits per heavy atom. The van der Waals surface area contributed by atoms with Crippen molar-refractivity contribution in [1.29, 1.82) is 0 Å². The number of carbonyl (C=O) groups is 1. The summed E-state index contributed by atoms with van der Waals surface area (Å²) in [4.78, 5) is 21.9. The van der Waals surface area contributed by atoms with Crippen LogP contribution in [0, 0.1) is 6.92 Å². The zero-order chi connectivity index (χ0) is 9.14. The van der Waals surface area contributed by atoms with Crippen molar-refractivity contribution in [2.45, 2.75) is 13.5 Å². The molecule has 3 heteroatoms. The molecule has 1 rings (SSSR count). The van der Waals surface area contributed by atoms with Crippen LogP contribution in [0.1, 0.15) is 17.3 Å². The first-order valence-electron chi connectivity index (χ1n) is 3.72. The number of ketones is 1. The van der Waals surface area contributed by atoms with Gasteiger partial charge in [-0.05, 0) is 13.0 Å². The summed E-state index contributed by atoms with van der Waals surface area (Å²) in [5, 5.41) is 0. The average molecular weight is 164 g/mol. The monoisotopic (exact) mass is 164 g/mol. The molecule has 0 spiro atoms. The first-order chi connectivity index (χ1) is 5.65. The van der Waals surface area contributed by atoms with Crippen LogP contribution in [0.5, 0.6) is 0 Å². The third-order valence-corrected chi connectivity index (χ3v) is 1.65. The lowest BCUT2D eigenvalue weighted by Gasteiger charge is -2.01. The van der Waals surface area contributed by atoms with E-state index in [0.717, 1.165) is 0 Å². The van der Waals surface area contributed by atoms with Crippen LogP contribution in [-0.4, -0.2) is 10.4 Å². The maximum Gasteiger partial charge on any atom is 0.250 e. The van der Waals surface area contributed by atoms with Crippen molar-refractivity contribution in [3.05, 3.63) is 41.2 Å². The van der Waals surface area contributed by atoms with Crippen molar-refractivity contribution in [1.82, 2.24) is 4.57 Å². The Labute approximate surface area is 70.6 Å². The minimum atomic E-state index is -0.266. The quantitative estimate of drug-likeness (QED) is 0.609. The van der Waals surface area contributed by atoms with Crippen molar-refractivity contribution < 1.29 is 4.79 Å². The summed E-state index contributed by atoms with van der Waals surface area (Å²) in [6.07, 6.45) is 1.53. The van der Waals surface area contributed by atoms with Crippen LogP contribution in [-0.2, 0) is 6.54 Å². The van der Waals surface area contributed by atoms with Gasteiger partial charge in [0.2, 0.25) is 0 Å². The highest BCUT2D eigenvalue weighted by atomic mass is 16.1. The van der Waals surface area contributed by atoms with Gasteiger partial charge in [0.15, 0.2) is 5.78 Å². The number of aryl methyl sites for hydroxylation is 1. The zero-order valence-electron chi connectivity index (χ0n) is 6.91. The summed E-state index contributed by atoms with van der Waals surface area (Å²) in [5.74, 6) is -0.266. The molecule has 0 saturated heterocycles. The lowest BCUT2D eigenvalue weighted by molar-refractivity contribution is 0.104. The number of rotatable bonds is 2. The summed E-state index contributed by atoms with van der Waals surface area (Å²) in [7, 11) is 0. The number of hydrogen-bond acceptors (Lipinski definition) is 2. The van der Waals surface area contributed by atoms with Gasteiger partial charge in [-0.15, -0.1) is 0 Å². The van der Waals surface area contributed by atoms with Gasteiger partial charge in [-0.2, -0.15) is 0 Å². The first-order valence-corrected chi connectivity index (χ1v) is 3.72. The Kier molecular flexibility index (Phi) is 2.43. The van der Waals surface area contributed by atoms with Crippen LogP contribution in [0.4, 0.5) is 0 Å². The average Bonchev–Trinajstić information content (AvgIpc) is 2.05. The number of Topliss-reactive ketones (excluding diaryl/α,β-unsaturated/α-hetero) is 1. The predicted molar refractivity (Wildman–Crippen MR) is 46.1 cm³/mol. The molecule has 1 aromatic rings. The van der Waals surface area contributed by atoms with E-state index in [1.165, 1.54) is 22.9 Å². The fourth-order valence-corrected chi connectivity index (χ4v) is 0.943. The van der Waals surface area contributed by atoms with Gasteiger partial charge in [-0.1, -0.05) is 0 Å². The Balaban J connectivity index is 3.23. The Morgan fingerprint density at radius 1 is 1.58 bits per heavy atom. The number of carbonyl (C=O) groups excluding carboxylic acids is 1. The van der Waals surface area contributed by atoms with Gasteiger partial charge in [0.1, 0.15) is 0 Å². The summed E-state index contributed by atoms with van der Waals surface area (Å²) >= 11 is 0. The van der Waals surface area contributed by atoms with Crippen molar-refractivity contribution in [3.8, 4) is 0 Å². The van der Waals surface area contributed by atoms with Crippen molar-refractivity contribution in [2.75, 3.05) is 0 Å². The van der Waals surface area contributed by atoms with Crippen LogP contribution in [0.25, 0.3) is 0 Å². The Bertz CT molecular complexity index is 352. The molecule has 0 amide bonds. The lowest BCUT2D eigenvalue weighted by Crippen LogP contribution is -2.18. The van der Waals surface area contributed by atoms with E-state index < -0.39 is 0 Å². The highest BCUT2D eigenvalue weighted by Gasteiger charge is 2.00. The van der Waals surface area contributed by atoms with E-state index in [-0.39, 0.29) is 11.3 Å². The van der Waals surface area contributed by atoms with Gasteiger partial charge in [-0.25, -0.2) is 0 Å². The molecular formula is C9H10NO2. The fraction of sp³-hybridized carbons (Fsp3) is 0.222. The molecule has 0 atom stereocenters. The molecular weight excluding hydrogens is 154 g/mol. The molecule has 12 heavy (non-hydrogen) atoms. The van der Waals surface area contributed by atoms with E-state index in [1.807, 2.05) is 6.92 Å². The number of pyridine rings is 1. The second kappa shape index (κ2) is 3.34. The highest BCUT2D eigenvalue weighted by Crippen LogP contribution is 1.95. The molecule has 0 aliphatic carbocycles. The fourth-order valence-electron chi connectivity index (χ4n) is 0.943. The number of nitrogens with zero attached hydrogens (tertiary/aromatic N) is 1. The number of hydrogen-bond donors (Lipinski definition) is 0. The van der Waals surface area contributed by atoms with E-state index in [2.05, 4.69) is 6.92 Å². The van der Waals surface area contributed by atoms with Crippen LogP contribution in [0.3, 0.4) is 0 Å². The smallest absolute Gasteiger partial charge is 0.250 e. The Morgan fingerprint density at radius 2 is 2.25 bits per heavy atom. The molecule has 63 valence electrons. The molecule has 3 nitrogen and oxygen atoms in total. The third kappa shape index (κ3) is 1.61. The summed E-state index contributed by atoms with van der Waals surface area (Å²) < 4.78 is 1.47. The van der Waals surface area contributed by atoms with E-state index in [1.54, 1.807) is 0 Å². The second-order valence-corrected chi connectivity index (χ2v) is 2.47. The molecule has 0 aliphatic heterocycles. The van der Waals surface area contributed by atoms with E-state index in [9.17, 15) is 9.59 Å². The molecule has 1 aromatic heterocycles. The maximum absolute atomic E-state index is 11.1. The van der Waals surface area contributed by atoms with Crippen LogP contribution in [0.15, 0.2) is 23.1 Å². The van der Waals surface area contributed by atoms with Crippen LogP contribution in [0.2, 0.25) is 0 Å². The minimum absolute atomic E-state index is 0.0949. The van der Waals surface area contributed by atoms with Gasteiger partial charge in [0, 0.05) is 31.3 Å². The lowest BCUT2D eigenvalue weighted by atomic mass is 10.2.